The molecule has 1 aromatic carbocycles. The number of nitrogens with one attached hydrogen (secondary N) is 1. The third-order valence-electron chi connectivity index (χ3n) is 3.27. The third-order valence-corrected chi connectivity index (χ3v) is 4.62. The average Bonchev–Trinajstić information content (AvgIpc) is 2.82. The Labute approximate surface area is 131 Å². The van der Waals surface area contributed by atoms with Crippen LogP contribution in [0.15, 0.2) is 34.4 Å². The predicted molar refractivity (Wildman–Crippen MR) is 87.6 cm³/mol. The molecule has 0 unspecified atom stereocenters. The average molecular weight is 320 g/mol. The summed E-state index contributed by atoms with van der Waals surface area (Å²) >= 11 is 7.57. The molecule has 0 radical (unpaired) electrons. The summed E-state index contributed by atoms with van der Waals surface area (Å²) in [6.45, 7) is 4.35. The van der Waals surface area contributed by atoms with E-state index in [2.05, 4.69) is 10.3 Å². The van der Waals surface area contributed by atoms with E-state index >= 15 is 0 Å². The lowest BCUT2D eigenvalue weighted by molar-refractivity contribution is 0.965. The summed E-state index contributed by atoms with van der Waals surface area (Å²) in [5.41, 5.74) is 3.54. The molecule has 3 rings (SSSR count). The normalized spacial score (nSPS) is 11.0. The minimum Gasteiger partial charge on any atom is -0.379 e. The van der Waals surface area contributed by atoms with Crippen molar-refractivity contribution in [3.63, 3.8) is 0 Å². The van der Waals surface area contributed by atoms with E-state index in [-0.39, 0.29) is 5.56 Å². The third kappa shape index (κ3) is 2.80. The second-order valence-corrected chi connectivity index (χ2v) is 6.14. The lowest BCUT2D eigenvalue weighted by atomic mass is 10.2. The van der Waals surface area contributed by atoms with Gasteiger partial charge in [0.05, 0.1) is 12.2 Å². The van der Waals surface area contributed by atoms with Crippen molar-refractivity contribution in [2.75, 3.05) is 5.32 Å². The Kier molecular flexibility index (Phi) is 3.69. The molecule has 0 aliphatic rings. The van der Waals surface area contributed by atoms with Gasteiger partial charge in [-0.05, 0) is 31.5 Å². The summed E-state index contributed by atoms with van der Waals surface area (Å²) in [4.78, 5) is 17.3. The SMILES string of the molecule is Cc1ccc(NCc2cc(=O)n3c(C)csc3n2)cc1Cl. The van der Waals surface area contributed by atoms with Gasteiger partial charge < -0.3 is 5.32 Å². The lowest BCUT2D eigenvalue weighted by Gasteiger charge is -2.07. The van der Waals surface area contributed by atoms with Crippen LogP contribution in [-0.2, 0) is 6.54 Å². The zero-order chi connectivity index (χ0) is 15.0. The largest absolute Gasteiger partial charge is 0.379 e. The molecule has 2 heterocycles. The van der Waals surface area contributed by atoms with E-state index < -0.39 is 0 Å². The number of thiazole rings is 1. The summed E-state index contributed by atoms with van der Waals surface area (Å²) in [5.74, 6) is 0. The minimum absolute atomic E-state index is 0.0440. The van der Waals surface area contributed by atoms with Crippen LogP contribution in [0.3, 0.4) is 0 Å². The Hall–Kier alpha value is -1.85. The van der Waals surface area contributed by atoms with Gasteiger partial charge in [-0.1, -0.05) is 17.7 Å². The first-order valence-electron chi connectivity index (χ1n) is 6.51. The van der Waals surface area contributed by atoms with Crippen molar-refractivity contribution in [3.8, 4) is 0 Å². The number of aryl methyl sites for hydroxylation is 2. The first kappa shape index (κ1) is 14.1. The summed E-state index contributed by atoms with van der Waals surface area (Å²) in [7, 11) is 0. The Morgan fingerprint density at radius 2 is 2.14 bits per heavy atom. The topological polar surface area (TPSA) is 46.4 Å². The number of hydrogen-bond donors (Lipinski definition) is 1. The van der Waals surface area contributed by atoms with Crippen LogP contribution in [-0.4, -0.2) is 9.38 Å². The zero-order valence-electron chi connectivity index (χ0n) is 11.7. The Balaban J connectivity index is 1.85. The molecule has 0 saturated carbocycles. The van der Waals surface area contributed by atoms with E-state index in [0.29, 0.717) is 6.54 Å². The fourth-order valence-corrected chi connectivity index (χ4v) is 3.16. The highest BCUT2D eigenvalue weighted by Crippen LogP contribution is 2.20. The quantitative estimate of drug-likeness (QED) is 0.801. The Morgan fingerprint density at radius 1 is 1.33 bits per heavy atom. The number of fused-ring (bicyclic) bond motifs is 1. The molecule has 0 fully saturated rings. The summed E-state index contributed by atoms with van der Waals surface area (Å²) in [5, 5.41) is 5.89. The number of benzene rings is 1. The fraction of sp³-hybridized carbons (Fsp3) is 0.200. The molecule has 4 nitrogen and oxygen atoms in total. The van der Waals surface area contributed by atoms with Crippen LogP contribution in [0, 0.1) is 13.8 Å². The fourth-order valence-electron chi connectivity index (χ4n) is 2.09. The molecular formula is C15H14ClN3OS. The molecular weight excluding hydrogens is 306 g/mol. The van der Waals surface area contributed by atoms with Crippen LogP contribution in [0.2, 0.25) is 5.02 Å². The van der Waals surface area contributed by atoms with E-state index in [4.69, 9.17) is 11.6 Å². The van der Waals surface area contributed by atoms with Gasteiger partial charge in [-0.15, -0.1) is 11.3 Å². The molecule has 0 aliphatic carbocycles. The van der Waals surface area contributed by atoms with Gasteiger partial charge in [-0.2, -0.15) is 0 Å². The van der Waals surface area contributed by atoms with Crippen LogP contribution in [0.1, 0.15) is 17.0 Å². The van der Waals surface area contributed by atoms with Crippen LogP contribution in [0.4, 0.5) is 5.69 Å². The first-order chi connectivity index (χ1) is 10.0. The molecule has 2 aromatic heterocycles. The van der Waals surface area contributed by atoms with E-state index in [1.54, 1.807) is 10.5 Å². The summed E-state index contributed by atoms with van der Waals surface area (Å²) in [6.07, 6.45) is 0. The molecule has 6 heteroatoms. The smallest absolute Gasteiger partial charge is 0.259 e. The summed E-state index contributed by atoms with van der Waals surface area (Å²) < 4.78 is 1.62. The molecule has 0 atom stereocenters. The molecule has 0 spiro atoms. The highest BCUT2D eigenvalue weighted by atomic mass is 35.5. The lowest BCUT2D eigenvalue weighted by Crippen LogP contribution is -2.16. The second-order valence-electron chi connectivity index (χ2n) is 4.90. The molecule has 0 aliphatic heterocycles. The number of hydrogen-bond acceptors (Lipinski definition) is 4. The van der Waals surface area contributed by atoms with Gasteiger partial charge in [-0.25, -0.2) is 4.98 Å². The number of nitrogens with zero attached hydrogens (tertiary/aromatic N) is 2. The highest BCUT2D eigenvalue weighted by Gasteiger charge is 2.06. The number of anilines is 1. The molecule has 21 heavy (non-hydrogen) atoms. The standard InChI is InChI=1S/C15H14ClN3OS/c1-9-3-4-11(5-13(9)16)17-7-12-6-14(20)19-10(2)8-21-15(19)18-12/h3-6,8,17H,7H2,1-2H3. The van der Waals surface area contributed by atoms with Crippen LogP contribution in [0.25, 0.3) is 4.96 Å². The molecule has 1 N–H and O–H groups in total. The second kappa shape index (κ2) is 5.50. The Morgan fingerprint density at radius 3 is 2.90 bits per heavy atom. The maximum atomic E-state index is 12.1. The van der Waals surface area contributed by atoms with Crippen LogP contribution < -0.4 is 10.9 Å². The molecule has 0 amide bonds. The monoisotopic (exact) mass is 319 g/mol. The number of rotatable bonds is 3. The number of halogens is 1. The highest BCUT2D eigenvalue weighted by molar-refractivity contribution is 7.15. The van der Waals surface area contributed by atoms with Crippen LogP contribution in [0.5, 0.6) is 0 Å². The van der Waals surface area contributed by atoms with E-state index in [0.717, 1.165) is 32.6 Å². The van der Waals surface area contributed by atoms with Gasteiger partial charge in [-0.3, -0.25) is 9.20 Å². The van der Waals surface area contributed by atoms with E-state index in [1.165, 1.54) is 11.3 Å². The van der Waals surface area contributed by atoms with Crippen molar-refractivity contribution in [2.45, 2.75) is 20.4 Å². The van der Waals surface area contributed by atoms with E-state index in [9.17, 15) is 4.79 Å². The van der Waals surface area contributed by atoms with Gasteiger partial charge >= 0.3 is 0 Å². The molecule has 0 bridgehead atoms. The summed E-state index contributed by atoms with van der Waals surface area (Å²) in [6, 6.07) is 7.35. The minimum atomic E-state index is -0.0440. The van der Waals surface area contributed by atoms with Gasteiger partial charge in [0, 0.05) is 27.9 Å². The van der Waals surface area contributed by atoms with Crippen molar-refractivity contribution in [3.05, 3.63) is 62.0 Å². The zero-order valence-corrected chi connectivity index (χ0v) is 13.3. The van der Waals surface area contributed by atoms with Crippen molar-refractivity contribution in [2.24, 2.45) is 0 Å². The predicted octanol–water partition coefficient (Wildman–Crippen LogP) is 3.64. The molecule has 0 saturated heterocycles. The molecule has 108 valence electrons. The van der Waals surface area contributed by atoms with Crippen molar-refractivity contribution >= 4 is 33.6 Å². The van der Waals surface area contributed by atoms with Gasteiger partial charge in [0.1, 0.15) is 0 Å². The maximum Gasteiger partial charge on any atom is 0.259 e. The van der Waals surface area contributed by atoms with Crippen molar-refractivity contribution in [1.82, 2.24) is 9.38 Å². The van der Waals surface area contributed by atoms with Crippen LogP contribution >= 0.6 is 22.9 Å². The van der Waals surface area contributed by atoms with Gasteiger partial charge in [0.15, 0.2) is 4.96 Å². The van der Waals surface area contributed by atoms with E-state index in [1.807, 2.05) is 37.4 Å². The van der Waals surface area contributed by atoms with Gasteiger partial charge in [0.2, 0.25) is 0 Å². The maximum absolute atomic E-state index is 12.1. The first-order valence-corrected chi connectivity index (χ1v) is 7.77. The van der Waals surface area contributed by atoms with Crippen molar-refractivity contribution < 1.29 is 0 Å². The Bertz CT molecular complexity index is 869. The van der Waals surface area contributed by atoms with Crippen molar-refractivity contribution in [1.29, 1.82) is 0 Å². The molecule has 3 aromatic rings. The van der Waals surface area contributed by atoms with Gasteiger partial charge in [0.25, 0.3) is 5.56 Å². The number of aromatic nitrogens is 2.